The van der Waals surface area contributed by atoms with Crippen LogP contribution >= 0.6 is 0 Å². The minimum atomic E-state index is -0.266. The van der Waals surface area contributed by atoms with Gasteiger partial charge < -0.3 is 0 Å². The van der Waals surface area contributed by atoms with Crippen molar-refractivity contribution in [3.63, 3.8) is 0 Å². The number of rotatable bonds is 0. The third kappa shape index (κ3) is 0.835. The third-order valence-electron chi connectivity index (χ3n) is 1.67. The fourth-order valence-electron chi connectivity index (χ4n) is 1.01. The second kappa shape index (κ2) is 2.25. The highest BCUT2D eigenvalue weighted by Crippen LogP contribution is 2.16. The zero-order chi connectivity index (χ0) is 7.72. The van der Waals surface area contributed by atoms with E-state index >= 15 is 0 Å². The first-order valence-corrected chi connectivity index (χ1v) is 3.18. The number of amides is 2. The molecule has 1 atom stereocenters. The summed E-state index contributed by atoms with van der Waals surface area (Å²) in [5.74, 6) is -0.712. The Labute approximate surface area is 59.1 Å². The molecule has 3 heteroatoms. The molecule has 2 amide bonds. The van der Waals surface area contributed by atoms with Gasteiger partial charge in [-0.2, -0.15) is 0 Å². The van der Waals surface area contributed by atoms with Crippen molar-refractivity contribution in [3.05, 3.63) is 11.6 Å². The van der Waals surface area contributed by atoms with Gasteiger partial charge in [0.2, 0.25) is 5.91 Å². The lowest BCUT2D eigenvalue weighted by atomic mass is 10.0. The van der Waals surface area contributed by atoms with Crippen molar-refractivity contribution in [1.82, 2.24) is 5.32 Å². The molecule has 1 saturated heterocycles. The largest absolute Gasteiger partial charge is 0.292 e. The highest BCUT2D eigenvalue weighted by atomic mass is 16.2. The molecule has 10 heavy (non-hydrogen) atoms. The van der Waals surface area contributed by atoms with Gasteiger partial charge in [-0.25, -0.2) is 0 Å². The lowest BCUT2D eigenvalue weighted by Crippen LogP contribution is -2.21. The Morgan fingerprint density at radius 1 is 1.50 bits per heavy atom. The van der Waals surface area contributed by atoms with Crippen molar-refractivity contribution in [2.75, 3.05) is 0 Å². The Balaban J connectivity index is 2.95. The predicted octanol–water partition coefficient (Wildman–Crippen LogP) is 0.225. The zero-order valence-corrected chi connectivity index (χ0v) is 5.97. The molecule has 0 saturated carbocycles. The Morgan fingerprint density at radius 3 is 2.30 bits per heavy atom. The molecule has 0 aliphatic carbocycles. The SMILES string of the molecule is CC=C1C(=O)NC(=O)[C@@H]1C. The maximum atomic E-state index is 10.8. The summed E-state index contributed by atoms with van der Waals surface area (Å²) in [5, 5.41) is 2.22. The average molecular weight is 139 g/mol. The van der Waals surface area contributed by atoms with Gasteiger partial charge in [-0.3, -0.25) is 14.9 Å². The molecule has 1 fully saturated rings. The number of carbonyl (C=O) groups excluding carboxylic acids is 2. The van der Waals surface area contributed by atoms with Gasteiger partial charge >= 0.3 is 0 Å². The molecule has 3 nitrogen and oxygen atoms in total. The van der Waals surface area contributed by atoms with Gasteiger partial charge in [-0.05, 0) is 13.8 Å². The molecular formula is C7H9NO2. The molecule has 0 spiro atoms. The van der Waals surface area contributed by atoms with Crippen molar-refractivity contribution in [2.24, 2.45) is 5.92 Å². The van der Waals surface area contributed by atoms with Crippen LogP contribution in [0, 0.1) is 5.92 Å². The van der Waals surface area contributed by atoms with Crippen molar-refractivity contribution in [1.29, 1.82) is 0 Å². The van der Waals surface area contributed by atoms with Crippen LogP contribution in [0.15, 0.2) is 11.6 Å². The first-order chi connectivity index (χ1) is 4.66. The summed E-state index contributed by atoms with van der Waals surface area (Å²) in [5.41, 5.74) is 0.574. The summed E-state index contributed by atoms with van der Waals surface area (Å²) in [7, 11) is 0. The third-order valence-corrected chi connectivity index (χ3v) is 1.67. The van der Waals surface area contributed by atoms with Gasteiger partial charge in [-0.15, -0.1) is 0 Å². The van der Waals surface area contributed by atoms with E-state index in [9.17, 15) is 9.59 Å². The molecule has 1 heterocycles. The monoisotopic (exact) mass is 139 g/mol. The number of allylic oxidation sites excluding steroid dienone is 1. The van der Waals surface area contributed by atoms with E-state index in [-0.39, 0.29) is 17.7 Å². The number of imide groups is 1. The first kappa shape index (κ1) is 6.99. The van der Waals surface area contributed by atoms with E-state index in [2.05, 4.69) is 5.32 Å². The topological polar surface area (TPSA) is 46.2 Å². The highest BCUT2D eigenvalue weighted by Gasteiger charge is 2.31. The Kier molecular flexibility index (Phi) is 1.57. The van der Waals surface area contributed by atoms with E-state index < -0.39 is 0 Å². The van der Waals surface area contributed by atoms with Gasteiger partial charge in [0.05, 0.1) is 5.92 Å². The molecule has 0 aromatic carbocycles. The molecule has 1 rings (SSSR count). The second-order valence-corrected chi connectivity index (χ2v) is 2.28. The smallest absolute Gasteiger partial charge is 0.254 e. The first-order valence-electron chi connectivity index (χ1n) is 3.18. The molecule has 0 bridgehead atoms. The van der Waals surface area contributed by atoms with Crippen LogP contribution in [0.5, 0.6) is 0 Å². The van der Waals surface area contributed by atoms with E-state index in [0.29, 0.717) is 5.57 Å². The van der Waals surface area contributed by atoms with E-state index in [1.807, 2.05) is 0 Å². The standard InChI is InChI=1S/C7H9NO2/c1-3-5-4(2)6(9)8-7(5)10/h3-4H,1-2H3,(H,8,9,10)/t4-/m1/s1. The van der Waals surface area contributed by atoms with E-state index in [0.717, 1.165) is 0 Å². The fraction of sp³-hybridized carbons (Fsp3) is 0.429. The summed E-state index contributed by atoms with van der Waals surface area (Å²) in [6.45, 7) is 3.47. The lowest BCUT2D eigenvalue weighted by Gasteiger charge is -1.94. The van der Waals surface area contributed by atoms with Crippen LogP contribution in [-0.4, -0.2) is 11.8 Å². The normalized spacial score (nSPS) is 29.4. The minimum Gasteiger partial charge on any atom is -0.292 e. The summed E-state index contributed by atoms with van der Waals surface area (Å²) < 4.78 is 0. The maximum absolute atomic E-state index is 10.8. The molecule has 0 aromatic rings. The predicted molar refractivity (Wildman–Crippen MR) is 36.1 cm³/mol. The molecule has 54 valence electrons. The van der Waals surface area contributed by atoms with E-state index in [1.165, 1.54) is 0 Å². The number of hydrogen-bond acceptors (Lipinski definition) is 2. The average Bonchev–Trinajstić information content (AvgIpc) is 2.09. The van der Waals surface area contributed by atoms with Gasteiger partial charge in [0.15, 0.2) is 0 Å². The molecule has 0 radical (unpaired) electrons. The van der Waals surface area contributed by atoms with Crippen molar-refractivity contribution in [3.8, 4) is 0 Å². The molecule has 1 aliphatic heterocycles. The fourth-order valence-corrected chi connectivity index (χ4v) is 1.01. The second-order valence-electron chi connectivity index (χ2n) is 2.28. The number of nitrogens with one attached hydrogen (secondary N) is 1. The minimum absolute atomic E-state index is 0.196. The Hall–Kier alpha value is -1.12. The van der Waals surface area contributed by atoms with Gasteiger partial charge in [0.25, 0.3) is 5.91 Å². The summed E-state index contributed by atoms with van der Waals surface area (Å²) in [4.78, 5) is 21.6. The summed E-state index contributed by atoms with van der Waals surface area (Å²) >= 11 is 0. The van der Waals surface area contributed by atoms with Crippen LogP contribution in [0.1, 0.15) is 13.8 Å². The number of hydrogen-bond donors (Lipinski definition) is 1. The number of carbonyl (C=O) groups is 2. The van der Waals surface area contributed by atoms with Gasteiger partial charge in [0.1, 0.15) is 0 Å². The molecule has 0 aromatic heterocycles. The molecule has 0 unspecified atom stereocenters. The summed E-state index contributed by atoms with van der Waals surface area (Å²) in [6.07, 6.45) is 1.67. The van der Waals surface area contributed by atoms with E-state index in [1.54, 1.807) is 19.9 Å². The zero-order valence-electron chi connectivity index (χ0n) is 5.97. The maximum Gasteiger partial charge on any atom is 0.254 e. The van der Waals surface area contributed by atoms with Gasteiger partial charge in [-0.1, -0.05) is 6.08 Å². The molecule has 1 aliphatic rings. The molecular weight excluding hydrogens is 130 g/mol. The quantitative estimate of drug-likeness (QED) is 0.385. The van der Waals surface area contributed by atoms with Crippen LogP contribution in [0.3, 0.4) is 0 Å². The Bertz CT molecular complexity index is 218. The van der Waals surface area contributed by atoms with Crippen LogP contribution < -0.4 is 5.32 Å². The summed E-state index contributed by atoms with van der Waals surface area (Å²) in [6, 6.07) is 0. The van der Waals surface area contributed by atoms with Crippen LogP contribution in [-0.2, 0) is 9.59 Å². The lowest BCUT2D eigenvalue weighted by molar-refractivity contribution is -0.125. The van der Waals surface area contributed by atoms with E-state index in [4.69, 9.17) is 0 Å². The van der Waals surface area contributed by atoms with Crippen molar-refractivity contribution >= 4 is 11.8 Å². The van der Waals surface area contributed by atoms with Gasteiger partial charge in [0, 0.05) is 5.57 Å². The van der Waals surface area contributed by atoms with Crippen molar-refractivity contribution in [2.45, 2.75) is 13.8 Å². The molecule has 1 N–H and O–H groups in total. The Morgan fingerprint density at radius 2 is 2.10 bits per heavy atom. The van der Waals surface area contributed by atoms with Crippen LogP contribution in [0.25, 0.3) is 0 Å². The highest BCUT2D eigenvalue weighted by molar-refractivity contribution is 6.14. The van der Waals surface area contributed by atoms with Crippen LogP contribution in [0.2, 0.25) is 0 Å². The van der Waals surface area contributed by atoms with Crippen molar-refractivity contribution < 1.29 is 9.59 Å². The van der Waals surface area contributed by atoms with Crippen LogP contribution in [0.4, 0.5) is 0 Å².